The number of aromatic nitrogens is 1. The van der Waals surface area contributed by atoms with Crippen LogP contribution in [0.4, 0.5) is 5.69 Å². The summed E-state index contributed by atoms with van der Waals surface area (Å²) < 4.78 is 0.713. The van der Waals surface area contributed by atoms with Crippen LogP contribution in [0, 0.1) is 21.4 Å². The smallest absolute Gasteiger partial charge is 0.258 e. The summed E-state index contributed by atoms with van der Waals surface area (Å²) in [5, 5.41) is 20.8. The average molecular weight is 295 g/mol. The van der Waals surface area contributed by atoms with Gasteiger partial charge >= 0.3 is 0 Å². The van der Waals surface area contributed by atoms with Gasteiger partial charge in [-0.3, -0.25) is 10.1 Å². The fourth-order valence-electron chi connectivity index (χ4n) is 2.16. The fourth-order valence-corrected chi connectivity index (χ4v) is 3.27. The van der Waals surface area contributed by atoms with Gasteiger partial charge in [0.2, 0.25) is 0 Å². The zero-order valence-electron chi connectivity index (χ0n) is 10.8. The summed E-state index contributed by atoms with van der Waals surface area (Å²) in [6.07, 6.45) is 0.00404. The molecule has 1 heterocycles. The van der Waals surface area contributed by atoms with Crippen molar-refractivity contribution in [2.45, 2.75) is 6.42 Å². The number of nitrogens with zero attached hydrogens (tertiary/aromatic N) is 3. The molecule has 0 N–H and O–H groups in total. The van der Waals surface area contributed by atoms with E-state index >= 15 is 0 Å². The van der Waals surface area contributed by atoms with Gasteiger partial charge in [0, 0.05) is 11.6 Å². The first-order chi connectivity index (χ1) is 10.2. The molecular formula is C15H9N3O2S. The SMILES string of the molecule is N#CCc1c([N+](=O)[O-])ccc2nc(-c3ccccc3)sc12. The van der Waals surface area contributed by atoms with E-state index < -0.39 is 4.92 Å². The second-order valence-corrected chi connectivity index (χ2v) is 5.39. The molecule has 0 unspecified atom stereocenters. The molecule has 0 spiro atoms. The maximum absolute atomic E-state index is 11.1. The topological polar surface area (TPSA) is 79.8 Å². The van der Waals surface area contributed by atoms with Crippen molar-refractivity contribution in [3.63, 3.8) is 0 Å². The predicted octanol–water partition coefficient (Wildman–Crippen LogP) is 3.94. The van der Waals surface area contributed by atoms with Gasteiger partial charge in [-0.1, -0.05) is 30.3 Å². The molecule has 0 fully saturated rings. The van der Waals surface area contributed by atoms with E-state index in [0.29, 0.717) is 15.8 Å². The van der Waals surface area contributed by atoms with Gasteiger partial charge in [-0.25, -0.2) is 4.98 Å². The normalized spacial score (nSPS) is 10.4. The van der Waals surface area contributed by atoms with Crippen molar-refractivity contribution in [2.24, 2.45) is 0 Å². The molecule has 0 bridgehead atoms. The molecule has 0 saturated heterocycles. The lowest BCUT2D eigenvalue weighted by molar-refractivity contribution is -0.385. The maximum atomic E-state index is 11.1. The number of rotatable bonds is 3. The molecule has 3 aromatic rings. The van der Waals surface area contributed by atoms with Crippen molar-refractivity contribution in [3.8, 4) is 16.6 Å². The van der Waals surface area contributed by atoms with Gasteiger partial charge in [0.05, 0.1) is 33.2 Å². The van der Waals surface area contributed by atoms with Crippen LogP contribution in [0.2, 0.25) is 0 Å². The summed E-state index contributed by atoms with van der Waals surface area (Å²) in [5.74, 6) is 0. The molecule has 5 nitrogen and oxygen atoms in total. The highest BCUT2D eigenvalue weighted by molar-refractivity contribution is 7.21. The van der Waals surface area contributed by atoms with Crippen molar-refractivity contribution in [1.29, 1.82) is 5.26 Å². The Hall–Kier alpha value is -2.78. The standard InChI is InChI=1S/C15H9N3O2S/c16-9-8-11-13(18(19)20)7-6-12-14(11)21-15(17-12)10-4-2-1-3-5-10/h1-7H,8H2. The molecule has 1 aromatic heterocycles. The summed E-state index contributed by atoms with van der Waals surface area (Å²) in [6, 6.07) is 14.7. The zero-order chi connectivity index (χ0) is 14.8. The molecule has 0 aliphatic heterocycles. The third-order valence-electron chi connectivity index (χ3n) is 3.11. The Morgan fingerprint density at radius 3 is 2.67 bits per heavy atom. The van der Waals surface area contributed by atoms with Gasteiger partial charge < -0.3 is 0 Å². The first-order valence-electron chi connectivity index (χ1n) is 6.20. The molecule has 2 aromatic carbocycles. The van der Waals surface area contributed by atoms with E-state index in [2.05, 4.69) is 4.98 Å². The Labute approximate surface area is 124 Å². The Morgan fingerprint density at radius 2 is 2.00 bits per heavy atom. The molecule has 6 heteroatoms. The molecule has 0 aliphatic rings. The van der Waals surface area contributed by atoms with Crippen LogP contribution in [0.1, 0.15) is 5.56 Å². The molecule has 21 heavy (non-hydrogen) atoms. The van der Waals surface area contributed by atoms with E-state index in [4.69, 9.17) is 5.26 Å². The number of thiazole rings is 1. The molecule has 0 amide bonds. The van der Waals surface area contributed by atoms with E-state index in [-0.39, 0.29) is 12.1 Å². The maximum Gasteiger partial charge on any atom is 0.275 e. The number of hydrogen-bond acceptors (Lipinski definition) is 5. The van der Waals surface area contributed by atoms with Crippen LogP contribution in [-0.2, 0) is 6.42 Å². The van der Waals surface area contributed by atoms with Crippen molar-refractivity contribution >= 4 is 27.2 Å². The largest absolute Gasteiger partial charge is 0.275 e. The highest BCUT2D eigenvalue weighted by atomic mass is 32.1. The highest BCUT2D eigenvalue weighted by Crippen LogP contribution is 2.36. The third-order valence-corrected chi connectivity index (χ3v) is 4.29. The summed E-state index contributed by atoms with van der Waals surface area (Å²) in [6.45, 7) is 0. The zero-order valence-corrected chi connectivity index (χ0v) is 11.6. The second-order valence-electron chi connectivity index (χ2n) is 4.39. The van der Waals surface area contributed by atoms with Gasteiger partial charge in [-0.2, -0.15) is 5.26 Å². The molecule has 0 aliphatic carbocycles. The van der Waals surface area contributed by atoms with Gasteiger partial charge in [-0.05, 0) is 6.07 Å². The van der Waals surface area contributed by atoms with Crippen LogP contribution in [0.15, 0.2) is 42.5 Å². The van der Waals surface area contributed by atoms with E-state index in [1.807, 2.05) is 36.4 Å². The number of fused-ring (bicyclic) bond motifs is 1. The fraction of sp³-hybridized carbons (Fsp3) is 0.0667. The minimum Gasteiger partial charge on any atom is -0.258 e. The Balaban J connectivity index is 2.24. The van der Waals surface area contributed by atoms with Crippen LogP contribution < -0.4 is 0 Å². The summed E-state index contributed by atoms with van der Waals surface area (Å²) >= 11 is 1.38. The number of nitro groups is 1. The van der Waals surface area contributed by atoms with Gasteiger partial charge in [0.15, 0.2) is 0 Å². The van der Waals surface area contributed by atoms with Crippen molar-refractivity contribution in [3.05, 3.63) is 58.1 Å². The summed E-state index contributed by atoms with van der Waals surface area (Å²) in [4.78, 5) is 15.2. The highest BCUT2D eigenvalue weighted by Gasteiger charge is 2.19. The second kappa shape index (κ2) is 5.31. The van der Waals surface area contributed by atoms with Crippen LogP contribution in [0.5, 0.6) is 0 Å². The Morgan fingerprint density at radius 1 is 1.24 bits per heavy atom. The number of nitriles is 1. The Kier molecular flexibility index (Phi) is 3.34. The van der Waals surface area contributed by atoms with Crippen molar-refractivity contribution < 1.29 is 4.92 Å². The molecule has 0 atom stereocenters. The monoisotopic (exact) mass is 295 g/mol. The summed E-state index contributed by atoms with van der Waals surface area (Å²) in [5.41, 5.74) is 2.07. The van der Waals surface area contributed by atoms with Crippen LogP contribution in [0.25, 0.3) is 20.8 Å². The lowest BCUT2D eigenvalue weighted by Crippen LogP contribution is -1.94. The van der Waals surface area contributed by atoms with Crippen molar-refractivity contribution in [2.75, 3.05) is 0 Å². The van der Waals surface area contributed by atoms with Gasteiger partial charge in [0.1, 0.15) is 5.01 Å². The predicted molar refractivity (Wildman–Crippen MR) is 81.0 cm³/mol. The van der Waals surface area contributed by atoms with Gasteiger partial charge in [0.25, 0.3) is 5.69 Å². The summed E-state index contributed by atoms with van der Waals surface area (Å²) in [7, 11) is 0. The third kappa shape index (κ3) is 2.35. The lowest BCUT2D eigenvalue weighted by atomic mass is 10.1. The first kappa shape index (κ1) is 13.2. The lowest BCUT2D eigenvalue weighted by Gasteiger charge is -1.98. The van der Waals surface area contributed by atoms with Crippen LogP contribution >= 0.6 is 11.3 Å². The number of nitro benzene ring substituents is 1. The van der Waals surface area contributed by atoms with Crippen LogP contribution in [-0.4, -0.2) is 9.91 Å². The minimum absolute atomic E-state index is 0.00404. The van der Waals surface area contributed by atoms with E-state index in [0.717, 1.165) is 10.6 Å². The van der Waals surface area contributed by atoms with Crippen LogP contribution in [0.3, 0.4) is 0 Å². The quantitative estimate of drug-likeness (QED) is 0.541. The van der Waals surface area contributed by atoms with E-state index in [1.54, 1.807) is 6.07 Å². The molecule has 0 radical (unpaired) electrons. The average Bonchev–Trinajstić information content (AvgIpc) is 2.93. The number of benzene rings is 2. The number of hydrogen-bond donors (Lipinski definition) is 0. The Bertz CT molecular complexity index is 866. The molecule has 3 rings (SSSR count). The molecule has 102 valence electrons. The van der Waals surface area contributed by atoms with E-state index in [1.165, 1.54) is 17.4 Å². The van der Waals surface area contributed by atoms with Gasteiger partial charge in [-0.15, -0.1) is 11.3 Å². The minimum atomic E-state index is -0.450. The van der Waals surface area contributed by atoms with E-state index in [9.17, 15) is 10.1 Å². The molecular weight excluding hydrogens is 286 g/mol. The first-order valence-corrected chi connectivity index (χ1v) is 7.01. The molecule has 0 saturated carbocycles. The van der Waals surface area contributed by atoms with Crippen molar-refractivity contribution in [1.82, 2.24) is 4.98 Å².